The number of nitrogens with zero attached hydrogens (tertiary/aromatic N) is 2. The molecule has 0 saturated carbocycles. The van der Waals surface area contributed by atoms with Crippen LogP contribution in [0.2, 0.25) is 0 Å². The van der Waals surface area contributed by atoms with Crippen LogP contribution in [0.25, 0.3) is 6.08 Å². The maximum atomic E-state index is 12.0. The van der Waals surface area contributed by atoms with Gasteiger partial charge in [-0.2, -0.15) is 0 Å². The maximum absolute atomic E-state index is 12.0. The lowest BCUT2D eigenvalue weighted by molar-refractivity contribution is -0.384. The number of nitro groups is 1. The molecule has 1 saturated heterocycles. The van der Waals surface area contributed by atoms with Gasteiger partial charge in [0.25, 0.3) is 11.6 Å². The maximum Gasteiger partial charge on any atom is 0.269 e. The number of aliphatic imine (C=N–C) groups is 1. The summed E-state index contributed by atoms with van der Waals surface area (Å²) in [5.41, 5.74) is 1.46. The molecule has 120 valence electrons. The van der Waals surface area contributed by atoms with Gasteiger partial charge in [-0.25, -0.2) is 4.99 Å². The number of nitrogens with one attached hydrogen (secondary N) is 1. The molecule has 1 fully saturated rings. The Morgan fingerprint density at radius 3 is 2.42 bits per heavy atom. The fourth-order valence-corrected chi connectivity index (χ4v) is 3.06. The van der Waals surface area contributed by atoms with Crippen molar-refractivity contribution >= 4 is 56.2 Å². The first-order valence-electron chi connectivity index (χ1n) is 6.81. The minimum Gasteiger partial charge on any atom is -0.300 e. The van der Waals surface area contributed by atoms with Gasteiger partial charge in [-0.1, -0.05) is 15.9 Å². The Morgan fingerprint density at radius 2 is 1.79 bits per heavy atom. The molecule has 6 nitrogen and oxygen atoms in total. The third-order valence-corrected chi connectivity index (χ3v) is 4.55. The first kappa shape index (κ1) is 16.4. The van der Waals surface area contributed by atoms with E-state index in [2.05, 4.69) is 26.2 Å². The minimum absolute atomic E-state index is 0.0122. The van der Waals surface area contributed by atoms with E-state index in [-0.39, 0.29) is 11.6 Å². The Morgan fingerprint density at radius 1 is 1.12 bits per heavy atom. The second kappa shape index (κ2) is 6.98. The predicted molar refractivity (Wildman–Crippen MR) is 98.0 cm³/mol. The zero-order valence-electron chi connectivity index (χ0n) is 12.1. The number of thioether (sulfide) groups is 1. The molecular formula is C16H10BrN3O3S. The van der Waals surface area contributed by atoms with Gasteiger partial charge in [0.1, 0.15) is 0 Å². The van der Waals surface area contributed by atoms with E-state index < -0.39 is 4.92 Å². The van der Waals surface area contributed by atoms with Crippen molar-refractivity contribution in [1.29, 1.82) is 0 Å². The molecule has 0 aromatic heterocycles. The Hall–Kier alpha value is -2.45. The lowest BCUT2D eigenvalue weighted by atomic mass is 10.2. The summed E-state index contributed by atoms with van der Waals surface area (Å²) in [5, 5.41) is 13.8. The number of hydrogen-bond acceptors (Lipinski definition) is 5. The van der Waals surface area contributed by atoms with Crippen molar-refractivity contribution in [2.45, 2.75) is 0 Å². The number of hydrogen-bond donors (Lipinski definition) is 1. The van der Waals surface area contributed by atoms with Crippen LogP contribution < -0.4 is 5.32 Å². The summed E-state index contributed by atoms with van der Waals surface area (Å²) in [6.07, 6.45) is 1.67. The summed E-state index contributed by atoms with van der Waals surface area (Å²) >= 11 is 4.58. The summed E-state index contributed by atoms with van der Waals surface area (Å²) in [7, 11) is 0. The number of nitro benzene ring substituents is 1. The predicted octanol–water partition coefficient (Wildman–Crippen LogP) is 4.25. The van der Waals surface area contributed by atoms with Crippen molar-refractivity contribution in [3.63, 3.8) is 0 Å². The molecule has 1 heterocycles. The molecule has 0 radical (unpaired) electrons. The summed E-state index contributed by atoms with van der Waals surface area (Å²) in [6, 6.07) is 13.4. The topological polar surface area (TPSA) is 84.6 Å². The lowest BCUT2D eigenvalue weighted by Gasteiger charge is -1.96. The van der Waals surface area contributed by atoms with Crippen molar-refractivity contribution in [3.8, 4) is 0 Å². The summed E-state index contributed by atoms with van der Waals surface area (Å²) in [5.74, 6) is -0.241. The summed E-state index contributed by atoms with van der Waals surface area (Å²) in [6.45, 7) is 0. The van der Waals surface area contributed by atoms with Crippen LogP contribution in [0.4, 0.5) is 11.4 Å². The Balaban J connectivity index is 1.79. The van der Waals surface area contributed by atoms with Crippen LogP contribution in [0, 0.1) is 10.1 Å². The van der Waals surface area contributed by atoms with Crippen LogP contribution in [0.1, 0.15) is 5.56 Å². The molecule has 1 amide bonds. The highest BCUT2D eigenvalue weighted by Crippen LogP contribution is 2.28. The van der Waals surface area contributed by atoms with E-state index in [1.54, 1.807) is 18.2 Å². The van der Waals surface area contributed by atoms with Gasteiger partial charge >= 0.3 is 0 Å². The van der Waals surface area contributed by atoms with Crippen LogP contribution in [-0.2, 0) is 4.79 Å². The van der Waals surface area contributed by atoms with E-state index in [1.165, 1.54) is 23.9 Å². The number of benzene rings is 2. The Bertz CT molecular complexity index is 861. The highest BCUT2D eigenvalue weighted by atomic mass is 79.9. The van der Waals surface area contributed by atoms with E-state index in [9.17, 15) is 14.9 Å². The summed E-state index contributed by atoms with van der Waals surface area (Å²) in [4.78, 5) is 27.1. The molecule has 1 aliphatic heterocycles. The average molecular weight is 404 g/mol. The van der Waals surface area contributed by atoms with Gasteiger partial charge in [-0.05, 0) is 59.8 Å². The molecule has 0 aliphatic carbocycles. The molecule has 8 heteroatoms. The molecular weight excluding hydrogens is 394 g/mol. The van der Waals surface area contributed by atoms with E-state index in [1.807, 2.05) is 24.3 Å². The molecule has 0 spiro atoms. The fraction of sp³-hybridized carbons (Fsp3) is 0. The van der Waals surface area contributed by atoms with E-state index in [0.29, 0.717) is 15.6 Å². The van der Waals surface area contributed by atoms with Crippen molar-refractivity contribution < 1.29 is 9.72 Å². The van der Waals surface area contributed by atoms with Crippen LogP contribution in [0.3, 0.4) is 0 Å². The van der Waals surface area contributed by atoms with E-state index >= 15 is 0 Å². The lowest BCUT2D eigenvalue weighted by Crippen LogP contribution is -2.19. The third kappa shape index (κ3) is 3.90. The van der Waals surface area contributed by atoms with E-state index in [0.717, 1.165) is 10.2 Å². The first-order chi connectivity index (χ1) is 11.5. The zero-order chi connectivity index (χ0) is 17.1. The second-order valence-corrected chi connectivity index (χ2v) is 6.75. The monoisotopic (exact) mass is 403 g/mol. The number of rotatable bonds is 3. The highest BCUT2D eigenvalue weighted by Gasteiger charge is 2.23. The molecule has 1 aliphatic rings. The number of non-ortho nitro benzene ring substituents is 1. The van der Waals surface area contributed by atoms with Gasteiger partial charge in [-0.15, -0.1) is 0 Å². The number of carbonyl (C=O) groups is 1. The minimum atomic E-state index is -0.461. The van der Waals surface area contributed by atoms with Crippen molar-refractivity contribution in [2.24, 2.45) is 4.99 Å². The number of amidine groups is 1. The zero-order valence-corrected chi connectivity index (χ0v) is 14.5. The summed E-state index contributed by atoms with van der Waals surface area (Å²) < 4.78 is 0.952. The van der Waals surface area contributed by atoms with Crippen LogP contribution in [0.15, 0.2) is 62.9 Å². The normalized spacial score (nSPS) is 17.3. The van der Waals surface area contributed by atoms with Gasteiger partial charge in [-0.3, -0.25) is 14.9 Å². The van der Waals surface area contributed by atoms with Gasteiger partial charge in [0.15, 0.2) is 5.17 Å². The molecule has 0 unspecified atom stereocenters. The largest absolute Gasteiger partial charge is 0.300 e. The SMILES string of the molecule is O=C1NC(=Nc2ccc(Br)cc2)S/C1=C\c1ccc([N+](=O)[O-])cc1. The molecule has 3 rings (SSSR count). The van der Waals surface area contributed by atoms with Crippen molar-refractivity contribution in [1.82, 2.24) is 5.32 Å². The standard InChI is InChI=1S/C16H10BrN3O3S/c17-11-3-5-12(6-4-11)18-16-19-15(21)14(24-16)9-10-1-7-13(8-2-10)20(22)23/h1-9H,(H,18,19,21)/b14-9-. The fourth-order valence-electron chi connectivity index (χ4n) is 1.96. The van der Waals surface area contributed by atoms with Gasteiger partial charge in [0, 0.05) is 16.6 Å². The third-order valence-electron chi connectivity index (χ3n) is 3.11. The van der Waals surface area contributed by atoms with Crippen molar-refractivity contribution in [3.05, 3.63) is 73.6 Å². The first-order valence-corrected chi connectivity index (χ1v) is 8.42. The molecule has 0 bridgehead atoms. The van der Waals surface area contributed by atoms with E-state index in [4.69, 9.17) is 0 Å². The molecule has 0 atom stereocenters. The molecule has 1 N–H and O–H groups in total. The molecule has 24 heavy (non-hydrogen) atoms. The number of halogens is 1. The molecule has 2 aromatic rings. The van der Waals surface area contributed by atoms with Crippen LogP contribution in [0.5, 0.6) is 0 Å². The van der Waals surface area contributed by atoms with Crippen molar-refractivity contribution in [2.75, 3.05) is 0 Å². The van der Waals surface area contributed by atoms with Gasteiger partial charge < -0.3 is 5.32 Å². The average Bonchev–Trinajstić information content (AvgIpc) is 2.89. The number of amides is 1. The Kier molecular flexibility index (Phi) is 4.77. The van der Waals surface area contributed by atoms with Gasteiger partial charge in [0.05, 0.1) is 15.5 Å². The highest BCUT2D eigenvalue weighted by molar-refractivity contribution is 9.10. The second-order valence-electron chi connectivity index (χ2n) is 4.81. The van der Waals surface area contributed by atoms with Gasteiger partial charge in [0.2, 0.25) is 0 Å². The smallest absolute Gasteiger partial charge is 0.269 e. The Labute approximate surface area is 150 Å². The quantitative estimate of drug-likeness (QED) is 0.471. The number of carbonyl (C=O) groups excluding carboxylic acids is 1. The molecule has 2 aromatic carbocycles. The van der Waals surface area contributed by atoms with Crippen LogP contribution >= 0.6 is 27.7 Å². The van der Waals surface area contributed by atoms with Crippen LogP contribution in [-0.4, -0.2) is 16.0 Å².